The highest BCUT2D eigenvalue weighted by Gasteiger charge is 2.24. The van der Waals surface area contributed by atoms with E-state index in [1.165, 1.54) is 6.20 Å². The van der Waals surface area contributed by atoms with E-state index in [0.717, 1.165) is 16.7 Å². The molecular formula is C24H29N7O4. The maximum atomic E-state index is 12.4. The molecule has 11 nitrogen and oxygen atoms in total. The largest absolute Gasteiger partial charge is 0.470 e. The molecule has 184 valence electrons. The van der Waals surface area contributed by atoms with Crippen LogP contribution in [0, 0.1) is 17.7 Å². The first-order chi connectivity index (χ1) is 16.6. The van der Waals surface area contributed by atoms with E-state index in [1.807, 2.05) is 20.8 Å². The third kappa shape index (κ3) is 5.62. The molecule has 1 aliphatic rings. The van der Waals surface area contributed by atoms with E-state index in [2.05, 4.69) is 20.6 Å². The first-order valence-corrected chi connectivity index (χ1v) is 11.3. The summed E-state index contributed by atoms with van der Waals surface area (Å²) in [5, 5.41) is 28.1. The van der Waals surface area contributed by atoms with E-state index >= 15 is 0 Å². The molecule has 4 heterocycles. The number of rotatable bonds is 6. The van der Waals surface area contributed by atoms with Crippen LogP contribution >= 0.6 is 0 Å². The lowest BCUT2D eigenvalue weighted by molar-refractivity contribution is 0.0929. The van der Waals surface area contributed by atoms with Crippen molar-refractivity contribution >= 4 is 11.7 Å². The van der Waals surface area contributed by atoms with Crippen LogP contribution in [0.25, 0.3) is 0 Å². The zero-order valence-electron chi connectivity index (χ0n) is 20.2. The number of nitrogens with zero attached hydrogens (tertiary/aromatic N) is 4. The molecule has 1 unspecified atom stereocenters. The van der Waals surface area contributed by atoms with Gasteiger partial charge in [-0.15, -0.1) is 5.10 Å². The zero-order chi connectivity index (χ0) is 25.2. The number of amides is 1. The molecule has 0 aromatic carbocycles. The lowest BCUT2D eigenvalue weighted by atomic mass is 9.88. The highest BCUT2D eigenvalue weighted by atomic mass is 16.5. The third-order valence-corrected chi connectivity index (χ3v) is 5.53. The highest BCUT2D eigenvalue weighted by molar-refractivity contribution is 5.95. The number of aromatic nitrogens is 4. The summed E-state index contributed by atoms with van der Waals surface area (Å²) in [5.41, 5.74) is 1.72. The molecule has 3 aromatic heterocycles. The van der Waals surface area contributed by atoms with Crippen LogP contribution in [0.1, 0.15) is 60.3 Å². The summed E-state index contributed by atoms with van der Waals surface area (Å²) in [7, 11) is 0. The van der Waals surface area contributed by atoms with Crippen molar-refractivity contribution in [3.8, 4) is 5.88 Å². The fourth-order valence-electron chi connectivity index (χ4n) is 3.56. The smallest absolute Gasteiger partial charge is 0.253 e. The van der Waals surface area contributed by atoms with Gasteiger partial charge in [-0.05, 0) is 37.0 Å². The van der Waals surface area contributed by atoms with E-state index in [9.17, 15) is 4.79 Å². The predicted octanol–water partition coefficient (Wildman–Crippen LogP) is 2.32. The van der Waals surface area contributed by atoms with Crippen LogP contribution in [0.4, 0.5) is 0 Å². The molecule has 0 saturated carbocycles. The Labute approximate surface area is 202 Å². The minimum atomic E-state index is -0.358. The minimum absolute atomic E-state index is 0.0223. The number of hydrogen-bond donors (Lipinski definition) is 3. The van der Waals surface area contributed by atoms with Crippen molar-refractivity contribution in [2.75, 3.05) is 13.2 Å². The van der Waals surface area contributed by atoms with Gasteiger partial charge in [0.05, 0.1) is 23.9 Å². The average molecular weight is 480 g/mol. The van der Waals surface area contributed by atoms with E-state index in [1.54, 1.807) is 31.2 Å². The van der Waals surface area contributed by atoms with Crippen LogP contribution in [0.15, 0.2) is 35.0 Å². The zero-order valence-corrected chi connectivity index (χ0v) is 20.2. The van der Waals surface area contributed by atoms with Crippen molar-refractivity contribution in [3.05, 3.63) is 64.2 Å². The van der Waals surface area contributed by atoms with Crippen LogP contribution in [-0.2, 0) is 16.8 Å². The summed E-state index contributed by atoms with van der Waals surface area (Å²) in [6.07, 6.45) is 2.32. The van der Waals surface area contributed by atoms with Crippen molar-refractivity contribution in [1.29, 1.82) is 10.8 Å². The molecule has 35 heavy (non-hydrogen) atoms. The molecule has 1 aliphatic heterocycles. The Hall–Kier alpha value is -3.86. The second-order valence-electron chi connectivity index (χ2n) is 9.44. The molecule has 1 saturated heterocycles. The van der Waals surface area contributed by atoms with E-state index in [-0.39, 0.29) is 46.9 Å². The summed E-state index contributed by atoms with van der Waals surface area (Å²) in [6, 6.07) is 6.70. The number of hydrogen-bond acceptors (Lipinski definition) is 9. The first kappa shape index (κ1) is 24.3. The molecule has 3 aromatic rings. The Balaban J connectivity index is 1.53. The number of ether oxygens (including phenoxy) is 2. The molecule has 3 N–H and O–H groups in total. The summed E-state index contributed by atoms with van der Waals surface area (Å²) in [4.78, 5) is 16.8. The monoisotopic (exact) mass is 479 g/mol. The summed E-state index contributed by atoms with van der Waals surface area (Å²) >= 11 is 0. The van der Waals surface area contributed by atoms with Gasteiger partial charge in [0.15, 0.2) is 11.5 Å². The van der Waals surface area contributed by atoms with Crippen molar-refractivity contribution in [2.24, 2.45) is 0 Å². The third-order valence-electron chi connectivity index (χ3n) is 5.53. The van der Waals surface area contributed by atoms with Gasteiger partial charge in [-0.2, -0.15) is 4.68 Å². The van der Waals surface area contributed by atoms with Gasteiger partial charge in [-0.25, -0.2) is 0 Å². The molecule has 1 fully saturated rings. The molecule has 1 amide bonds. The highest BCUT2D eigenvalue weighted by Crippen LogP contribution is 2.28. The summed E-state index contributed by atoms with van der Waals surface area (Å²) in [5.74, 6) is 0.548. The van der Waals surface area contributed by atoms with Crippen LogP contribution in [0.2, 0.25) is 0 Å². The van der Waals surface area contributed by atoms with Gasteiger partial charge in [0.2, 0.25) is 5.88 Å². The predicted molar refractivity (Wildman–Crippen MR) is 126 cm³/mol. The normalized spacial score (nSPS) is 15.7. The number of carbonyl (C=O) groups excluding carboxylic acids is 1. The van der Waals surface area contributed by atoms with Crippen LogP contribution in [0.5, 0.6) is 5.88 Å². The van der Waals surface area contributed by atoms with Gasteiger partial charge >= 0.3 is 0 Å². The van der Waals surface area contributed by atoms with Crippen molar-refractivity contribution < 1.29 is 18.8 Å². The van der Waals surface area contributed by atoms with Gasteiger partial charge in [-0.3, -0.25) is 20.6 Å². The van der Waals surface area contributed by atoms with Gasteiger partial charge in [0.1, 0.15) is 17.9 Å². The molecule has 0 radical (unpaired) electrons. The second kappa shape index (κ2) is 9.79. The molecule has 0 bridgehead atoms. The second-order valence-corrected chi connectivity index (χ2v) is 9.44. The minimum Gasteiger partial charge on any atom is -0.470 e. The number of pyridine rings is 1. The average Bonchev–Trinajstić information content (AvgIpc) is 3.49. The number of nitrogens with one attached hydrogen (secondary N) is 3. The molecule has 4 rings (SSSR count). The van der Waals surface area contributed by atoms with E-state index in [0.29, 0.717) is 30.2 Å². The first-order valence-electron chi connectivity index (χ1n) is 11.3. The number of aryl methyl sites for hydroxylation is 1. The van der Waals surface area contributed by atoms with E-state index < -0.39 is 0 Å². The lowest BCUT2D eigenvalue weighted by Crippen LogP contribution is -2.35. The Kier molecular flexibility index (Phi) is 6.79. The number of carbonyl (C=O) groups is 1. The summed E-state index contributed by atoms with van der Waals surface area (Å²) in [6.45, 7) is 8.99. The maximum absolute atomic E-state index is 12.4. The molecule has 11 heteroatoms. The Morgan fingerprint density at radius 2 is 2.11 bits per heavy atom. The maximum Gasteiger partial charge on any atom is 0.253 e. The van der Waals surface area contributed by atoms with E-state index in [4.69, 9.17) is 24.8 Å². The SMILES string of the molecule is Cc1cc(C(=N)n2nc(OCc3ccc(C(=O)NC4CCOC4)cn3)c(C(C)(C)C)cc2=N)no1. The molecule has 1 atom stereocenters. The van der Waals surface area contributed by atoms with Crippen molar-refractivity contribution in [2.45, 2.75) is 52.2 Å². The Morgan fingerprint density at radius 3 is 2.71 bits per heavy atom. The van der Waals surface area contributed by atoms with Gasteiger partial charge in [-0.1, -0.05) is 25.9 Å². The van der Waals surface area contributed by atoms with Gasteiger partial charge in [0, 0.05) is 24.4 Å². The van der Waals surface area contributed by atoms with Crippen molar-refractivity contribution in [3.63, 3.8) is 0 Å². The molecular weight excluding hydrogens is 450 g/mol. The van der Waals surface area contributed by atoms with Crippen LogP contribution in [-0.4, -0.2) is 50.9 Å². The van der Waals surface area contributed by atoms with Crippen molar-refractivity contribution in [1.82, 2.24) is 25.2 Å². The van der Waals surface area contributed by atoms with Crippen LogP contribution < -0.4 is 15.5 Å². The topological polar surface area (TPSA) is 152 Å². The fraction of sp³-hybridized carbons (Fsp3) is 0.417. The molecule has 0 spiro atoms. The van der Waals surface area contributed by atoms with Gasteiger partial charge < -0.3 is 19.3 Å². The molecule has 0 aliphatic carbocycles. The fourth-order valence-corrected chi connectivity index (χ4v) is 3.56. The van der Waals surface area contributed by atoms with Gasteiger partial charge in [0.25, 0.3) is 5.91 Å². The quantitative estimate of drug-likeness (QED) is 0.362. The Morgan fingerprint density at radius 1 is 1.31 bits per heavy atom. The lowest BCUT2D eigenvalue weighted by Gasteiger charge is -2.22. The summed E-state index contributed by atoms with van der Waals surface area (Å²) < 4.78 is 17.5. The van der Waals surface area contributed by atoms with Crippen LogP contribution in [0.3, 0.4) is 0 Å². The standard InChI is InChI=1S/C24H29N7O4/c1-14-9-19(30-35-14)21(26)31-20(25)10-18(24(2,3)4)23(29-31)34-13-16-6-5-15(11-27-16)22(32)28-17-7-8-33-12-17/h5-6,9-11,17,25-26H,7-8,12-13H2,1-4H3,(H,28,32). The Bertz CT molecular complexity index is 1280.